The van der Waals surface area contributed by atoms with Crippen LogP contribution in [0.3, 0.4) is 0 Å². The number of nitrogens with zero attached hydrogens (tertiary/aromatic N) is 1. The summed E-state index contributed by atoms with van der Waals surface area (Å²) in [5, 5.41) is -0.474. The van der Waals surface area contributed by atoms with E-state index in [-0.39, 0.29) is 22.8 Å². The van der Waals surface area contributed by atoms with Crippen LogP contribution < -0.4 is 9.47 Å². The summed E-state index contributed by atoms with van der Waals surface area (Å²) in [6.45, 7) is 1.98. The van der Waals surface area contributed by atoms with Crippen LogP contribution >= 0.6 is 34.4 Å². The molecule has 2 amide bonds. The highest BCUT2D eigenvalue weighted by atomic mass is 127. The van der Waals surface area contributed by atoms with E-state index < -0.39 is 22.9 Å². The van der Waals surface area contributed by atoms with Crippen LogP contribution in [0.15, 0.2) is 71.6 Å². The molecule has 1 aliphatic heterocycles. The molecule has 0 bridgehead atoms. The fourth-order valence-electron chi connectivity index (χ4n) is 3.34. The zero-order chi connectivity index (χ0) is 24.9. The Morgan fingerprint density at radius 1 is 1.09 bits per heavy atom. The molecular weight excluding hydrogens is 584 g/mol. The molecule has 4 rings (SSSR count). The van der Waals surface area contributed by atoms with Crippen LogP contribution in [0.5, 0.6) is 11.5 Å². The number of amides is 2. The molecule has 1 fully saturated rings. The van der Waals surface area contributed by atoms with Gasteiger partial charge < -0.3 is 9.47 Å². The summed E-state index contributed by atoms with van der Waals surface area (Å²) in [5.41, 5.74) is 1.25. The number of benzene rings is 3. The molecule has 9 heteroatoms. The first-order valence-electron chi connectivity index (χ1n) is 10.6. The van der Waals surface area contributed by atoms with Crippen molar-refractivity contribution in [2.45, 2.75) is 13.5 Å². The van der Waals surface area contributed by atoms with Gasteiger partial charge in [-0.3, -0.25) is 14.5 Å². The van der Waals surface area contributed by atoms with Crippen molar-refractivity contribution in [3.05, 3.63) is 97.7 Å². The lowest BCUT2D eigenvalue weighted by Gasteiger charge is -2.14. The number of esters is 1. The second kappa shape index (κ2) is 11.0. The van der Waals surface area contributed by atoms with Gasteiger partial charge in [0.05, 0.1) is 27.2 Å². The van der Waals surface area contributed by atoms with E-state index in [2.05, 4.69) is 0 Å². The number of thioether (sulfide) groups is 1. The number of carbonyl (C=O) groups excluding carboxylic acids is 3. The Bertz CT molecular complexity index is 1330. The summed E-state index contributed by atoms with van der Waals surface area (Å²) >= 11 is 2.81. The Morgan fingerprint density at radius 2 is 1.80 bits per heavy atom. The lowest BCUT2D eigenvalue weighted by Crippen LogP contribution is -2.27. The predicted octanol–water partition coefficient (Wildman–Crippen LogP) is 6.28. The van der Waals surface area contributed by atoms with Gasteiger partial charge >= 0.3 is 5.97 Å². The maximum absolute atomic E-state index is 14.0. The molecule has 0 N–H and O–H groups in total. The van der Waals surface area contributed by atoms with Crippen molar-refractivity contribution in [1.29, 1.82) is 0 Å². The van der Waals surface area contributed by atoms with E-state index in [0.29, 0.717) is 27.1 Å². The quantitative estimate of drug-likeness (QED) is 0.137. The molecule has 6 nitrogen and oxygen atoms in total. The van der Waals surface area contributed by atoms with Gasteiger partial charge in [-0.05, 0) is 83.2 Å². The van der Waals surface area contributed by atoms with E-state index in [1.165, 1.54) is 12.1 Å². The van der Waals surface area contributed by atoms with Crippen molar-refractivity contribution >= 4 is 57.5 Å². The summed E-state index contributed by atoms with van der Waals surface area (Å²) in [4.78, 5) is 39.1. The standard InChI is InChI=1S/C26H19FINO5S/c1-2-33-21-13-16(12-20(28)23(21)34-25(31)17-8-4-3-5-9-17)14-22-24(30)29(26(32)35-22)15-18-10-6-7-11-19(18)27/h3-14H,2,15H2,1H3/b22-14-. The molecule has 0 aliphatic carbocycles. The van der Waals surface area contributed by atoms with Crippen molar-refractivity contribution < 1.29 is 28.2 Å². The van der Waals surface area contributed by atoms with Gasteiger partial charge in [-0.1, -0.05) is 36.4 Å². The number of imide groups is 1. The van der Waals surface area contributed by atoms with Crippen molar-refractivity contribution in [2.24, 2.45) is 0 Å². The van der Waals surface area contributed by atoms with E-state index in [0.717, 1.165) is 16.7 Å². The summed E-state index contributed by atoms with van der Waals surface area (Å²) in [7, 11) is 0. The molecule has 1 heterocycles. The zero-order valence-electron chi connectivity index (χ0n) is 18.5. The molecule has 1 saturated heterocycles. The molecule has 0 spiro atoms. The molecule has 1 aliphatic rings. The largest absolute Gasteiger partial charge is 0.490 e. The zero-order valence-corrected chi connectivity index (χ0v) is 21.5. The fourth-order valence-corrected chi connectivity index (χ4v) is 4.92. The first-order chi connectivity index (χ1) is 16.9. The van der Waals surface area contributed by atoms with Gasteiger partial charge in [0, 0.05) is 5.56 Å². The van der Waals surface area contributed by atoms with Crippen LogP contribution in [0.25, 0.3) is 6.08 Å². The first kappa shape index (κ1) is 24.9. The highest BCUT2D eigenvalue weighted by Crippen LogP contribution is 2.38. The first-order valence-corrected chi connectivity index (χ1v) is 12.5. The van der Waals surface area contributed by atoms with Gasteiger partial charge in [0.2, 0.25) is 0 Å². The number of hydrogen-bond donors (Lipinski definition) is 0. The molecule has 0 unspecified atom stereocenters. The van der Waals surface area contributed by atoms with Gasteiger partial charge in [-0.25, -0.2) is 9.18 Å². The maximum Gasteiger partial charge on any atom is 0.343 e. The van der Waals surface area contributed by atoms with Crippen molar-refractivity contribution in [1.82, 2.24) is 4.90 Å². The number of ether oxygens (including phenoxy) is 2. The Hall–Kier alpha value is -3.18. The van der Waals surface area contributed by atoms with Crippen LogP contribution in [0.4, 0.5) is 9.18 Å². The second-order valence-corrected chi connectivity index (χ2v) is 9.53. The second-order valence-electron chi connectivity index (χ2n) is 7.38. The van der Waals surface area contributed by atoms with E-state index in [1.807, 2.05) is 22.6 Å². The minimum atomic E-state index is -0.522. The van der Waals surface area contributed by atoms with Crippen molar-refractivity contribution in [3.63, 3.8) is 0 Å². The Balaban J connectivity index is 1.59. The molecule has 0 radical (unpaired) electrons. The predicted molar refractivity (Wildman–Crippen MR) is 140 cm³/mol. The van der Waals surface area contributed by atoms with Gasteiger partial charge in [0.1, 0.15) is 5.82 Å². The Kier molecular flexibility index (Phi) is 7.86. The normalized spacial score (nSPS) is 14.5. The average molecular weight is 603 g/mol. The van der Waals surface area contributed by atoms with Gasteiger partial charge in [-0.2, -0.15) is 0 Å². The van der Waals surface area contributed by atoms with Gasteiger partial charge in [-0.15, -0.1) is 0 Å². The molecule has 0 saturated carbocycles. The molecule has 35 heavy (non-hydrogen) atoms. The highest BCUT2D eigenvalue weighted by Gasteiger charge is 2.35. The third-order valence-electron chi connectivity index (χ3n) is 4.99. The molecule has 3 aromatic carbocycles. The molecule has 0 atom stereocenters. The monoisotopic (exact) mass is 603 g/mol. The van der Waals surface area contributed by atoms with Crippen LogP contribution in [-0.4, -0.2) is 28.6 Å². The van der Waals surface area contributed by atoms with E-state index in [1.54, 1.807) is 67.6 Å². The van der Waals surface area contributed by atoms with Crippen LogP contribution in [0.1, 0.15) is 28.4 Å². The molecular formula is C26H19FINO5S. The van der Waals surface area contributed by atoms with Crippen LogP contribution in [-0.2, 0) is 11.3 Å². The average Bonchev–Trinajstić information content (AvgIpc) is 3.10. The summed E-state index contributed by atoms with van der Waals surface area (Å²) in [6.07, 6.45) is 1.57. The summed E-state index contributed by atoms with van der Waals surface area (Å²) in [5.74, 6) is -0.902. The minimum Gasteiger partial charge on any atom is -0.490 e. The number of carbonyl (C=O) groups is 3. The van der Waals surface area contributed by atoms with Gasteiger partial charge in [0.15, 0.2) is 11.5 Å². The van der Waals surface area contributed by atoms with Crippen LogP contribution in [0.2, 0.25) is 0 Å². The van der Waals surface area contributed by atoms with Crippen LogP contribution in [0, 0.1) is 9.39 Å². The van der Waals surface area contributed by atoms with E-state index >= 15 is 0 Å². The lowest BCUT2D eigenvalue weighted by atomic mass is 10.1. The third-order valence-corrected chi connectivity index (χ3v) is 6.70. The van der Waals surface area contributed by atoms with Gasteiger partial charge in [0.25, 0.3) is 11.1 Å². The molecule has 0 aromatic heterocycles. The number of hydrogen-bond acceptors (Lipinski definition) is 6. The minimum absolute atomic E-state index is 0.148. The number of halogens is 2. The Morgan fingerprint density at radius 3 is 2.51 bits per heavy atom. The maximum atomic E-state index is 14.0. The van der Waals surface area contributed by atoms with E-state index in [9.17, 15) is 18.8 Å². The topological polar surface area (TPSA) is 72.9 Å². The smallest absolute Gasteiger partial charge is 0.343 e. The highest BCUT2D eigenvalue weighted by molar-refractivity contribution is 14.1. The Labute approximate surface area is 219 Å². The molecule has 178 valence electrons. The summed E-state index contributed by atoms with van der Waals surface area (Å²) < 4.78 is 25.9. The third kappa shape index (κ3) is 5.73. The van der Waals surface area contributed by atoms with E-state index in [4.69, 9.17) is 9.47 Å². The van der Waals surface area contributed by atoms with Crippen molar-refractivity contribution in [3.8, 4) is 11.5 Å². The summed E-state index contributed by atoms with van der Waals surface area (Å²) in [6, 6.07) is 18.0. The number of rotatable bonds is 7. The SMILES string of the molecule is CCOc1cc(/C=C2\SC(=O)N(Cc3ccccc3F)C2=O)cc(I)c1OC(=O)c1ccccc1. The lowest BCUT2D eigenvalue weighted by molar-refractivity contribution is -0.123. The molecule has 3 aromatic rings. The van der Waals surface area contributed by atoms with Crippen molar-refractivity contribution in [2.75, 3.05) is 6.61 Å². The fraction of sp³-hybridized carbons (Fsp3) is 0.115.